The number of ether oxygens (including phenoxy) is 1. The molecular formula is C43H66ClN3O2Ru-. The molecule has 0 amide bonds. The minimum atomic E-state index is -0.233. The summed E-state index contributed by atoms with van der Waals surface area (Å²) in [4.78, 5) is 14.2. The van der Waals surface area contributed by atoms with E-state index in [4.69, 9.17) is 14.4 Å². The van der Waals surface area contributed by atoms with Crippen LogP contribution in [0.3, 0.4) is 0 Å². The first kappa shape index (κ1) is 45.3. The van der Waals surface area contributed by atoms with Gasteiger partial charge >= 0.3 is 102 Å². The monoisotopic (exact) mass is 793 g/mol. The molecule has 281 valence electrons. The number of hydrogen-bond donors (Lipinski definition) is 1. The first-order chi connectivity index (χ1) is 23.8. The van der Waals surface area contributed by atoms with Crippen LogP contribution in [0, 0.1) is 6.67 Å². The Labute approximate surface area is 317 Å². The fourth-order valence-corrected chi connectivity index (χ4v) is 6.80. The van der Waals surface area contributed by atoms with Crippen LogP contribution in [-0.4, -0.2) is 37.1 Å². The molecule has 5 nitrogen and oxygen atoms in total. The van der Waals surface area contributed by atoms with E-state index < -0.39 is 0 Å². The summed E-state index contributed by atoms with van der Waals surface area (Å²) in [6.07, 6.45) is 1.70. The summed E-state index contributed by atoms with van der Waals surface area (Å²) in [7, 11) is 7.70. The number of nitrogens with zero attached hydrogens (tertiary/aromatic N) is 2. The first-order valence-corrected chi connectivity index (χ1v) is 21.7. The quantitative estimate of drug-likeness (QED) is 0.119. The van der Waals surface area contributed by atoms with E-state index in [0.29, 0.717) is 30.1 Å². The van der Waals surface area contributed by atoms with Gasteiger partial charge in [-0.2, -0.15) is 6.67 Å². The molecule has 1 fully saturated rings. The predicted molar refractivity (Wildman–Crippen MR) is 219 cm³/mol. The number of carbonyl (C=O) groups is 1. The van der Waals surface area contributed by atoms with Gasteiger partial charge in [-0.15, -0.1) is 0 Å². The molecular weight excluding hydrogens is 727 g/mol. The Bertz CT molecular complexity index is 1330. The fraction of sp³-hybridized carbons (Fsp3) is 0.512. The van der Waals surface area contributed by atoms with E-state index in [-0.39, 0.29) is 21.8 Å². The van der Waals surface area contributed by atoms with E-state index >= 15 is 0 Å². The Morgan fingerprint density at radius 2 is 1.18 bits per heavy atom. The minimum absolute atomic E-state index is 0.184. The molecule has 1 heterocycles. The Hall–Kier alpha value is -2.69. The van der Waals surface area contributed by atoms with E-state index in [1.165, 1.54) is 33.6 Å². The molecule has 4 rings (SSSR count). The number of hydrogen-bond acceptors (Lipinski definition) is 5. The van der Waals surface area contributed by atoms with Crippen LogP contribution in [0.1, 0.15) is 148 Å². The number of halogens is 1. The number of aldehydes is 1. The van der Waals surface area contributed by atoms with Crippen LogP contribution in [0.15, 0.2) is 54.6 Å². The molecule has 3 aromatic rings. The Kier molecular flexibility index (Phi) is 21.5. The summed E-state index contributed by atoms with van der Waals surface area (Å²) in [5.74, 6) is 2.96. The van der Waals surface area contributed by atoms with Gasteiger partial charge in [-0.25, -0.2) is 0 Å². The van der Waals surface area contributed by atoms with Gasteiger partial charge in [-0.05, 0) is 45.9 Å². The van der Waals surface area contributed by atoms with Crippen LogP contribution in [0.25, 0.3) is 0 Å². The average molecular weight is 794 g/mol. The number of nitrogens with one attached hydrogen (secondary N) is 1. The van der Waals surface area contributed by atoms with Crippen LogP contribution >= 0.6 is 9.69 Å². The van der Waals surface area contributed by atoms with Gasteiger partial charge in [0.05, 0.1) is 0 Å². The third-order valence-electron chi connectivity index (χ3n) is 8.10. The molecule has 3 aromatic carbocycles. The van der Waals surface area contributed by atoms with Crippen molar-refractivity contribution < 1.29 is 25.2 Å². The zero-order valence-corrected chi connectivity index (χ0v) is 35.9. The van der Waals surface area contributed by atoms with E-state index in [9.17, 15) is 4.79 Å². The molecule has 0 atom stereocenters. The number of carbonyl (C=O) groups excluding carboxylic acids is 1. The second-order valence-electron chi connectivity index (χ2n) is 13.6. The van der Waals surface area contributed by atoms with E-state index in [1.54, 1.807) is 0 Å². The molecule has 50 heavy (non-hydrogen) atoms. The zero-order valence-electron chi connectivity index (χ0n) is 33.4. The molecule has 0 aromatic heterocycles. The van der Waals surface area contributed by atoms with Gasteiger partial charge in [0.15, 0.2) is 0 Å². The summed E-state index contributed by atoms with van der Waals surface area (Å²) in [5.41, 5.74) is 10.8. The van der Waals surface area contributed by atoms with Crippen LogP contribution < -0.4 is 19.9 Å². The van der Waals surface area contributed by atoms with Gasteiger partial charge in [-0.3, -0.25) is 0 Å². The van der Waals surface area contributed by atoms with Gasteiger partial charge in [0, 0.05) is 30.9 Å². The topological polar surface area (TPSA) is 44.8 Å². The second-order valence-corrected chi connectivity index (χ2v) is 15.4. The fourth-order valence-electron chi connectivity index (χ4n) is 5.71. The van der Waals surface area contributed by atoms with Crippen molar-refractivity contribution in [2.45, 2.75) is 126 Å². The second kappa shape index (κ2) is 23.7. The number of rotatable bonds is 11. The summed E-state index contributed by atoms with van der Waals surface area (Å²) in [6, 6.07) is 19.7. The van der Waals surface area contributed by atoms with Crippen molar-refractivity contribution in [3.8, 4) is 5.75 Å². The molecule has 0 spiro atoms. The van der Waals surface area contributed by atoms with Crippen molar-refractivity contribution in [3.63, 3.8) is 0 Å². The Morgan fingerprint density at radius 3 is 1.48 bits per heavy atom. The molecule has 0 radical (unpaired) electrons. The third-order valence-corrected chi connectivity index (χ3v) is 9.28. The van der Waals surface area contributed by atoms with Crippen LogP contribution in [-0.2, 0) is 20.5 Å². The summed E-state index contributed by atoms with van der Waals surface area (Å²) >= 11 is -0.233. The molecule has 1 aliphatic heterocycles. The number of benzene rings is 3. The van der Waals surface area contributed by atoms with Crippen molar-refractivity contribution >= 4 is 37.6 Å². The van der Waals surface area contributed by atoms with Gasteiger partial charge < -0.3 is 14.6 Å². The summed E-state index contributed by atoms with van der Waals surface area (Å²) in [6.45, 7) is 32.8. The molecule has 0 unspecified atom stereocenters. The normalized spacial score (nSPS) is 12.7. The van der Waals surface area contributed by atoms with Gasteiger partial charge in [0.1, 0.15) is 6.29 Å². The van der Waals surface area contributed by atoms with Gasteiger partial charge in [-0.1, -0.05) is 113 Å². The van der Waals surface area contributed by atoms with Crippen molar-refractivity contribution in [2.75, 3.05) is 35.3 Å². The van der Waals surface area contributed by atoms with E-state index in [0.717, 1.165) is 36.4 Å². The molecule has 0 saturated carbocycles. The average Bonchev–Trinajstić information content (AvgIpc) is 3.59. The molecule has 1 N–H and O–H groups in total. The van der Waals surface area contributed by atoms with E-state index in [1.807, 2.05) is 58.4 Å². The Morgan fingerprint density at radius 1 is 0.780 bits per heavy atom. The van der Waals surface area contributed by atoms with Crippen molar-refractivity contribution in [2.24, 2.45) is 0 Å². The zero-order chi connectivity index (χ0) is 38.0. The van der Waals surface area contributed by atoms with Gasteiger partial charge in [0.25, 0.3) is 0 Å². The van der Waals surface area contributed by atoms with Crippen LogP contribution in [0.4, 0.5) is 17.1 Å². The molecule has 1 aliphatic rings. The predicted octanol–water partition coefficient (Wildman–Crippen LogP) is 12.1. The first-order valence-electron chi connectivity index (χ1n) is 18.4. The number of para-hydroxylation sites is 2. The Balaban J connectivity index is 0.000000498. The van der Waals surface area contributed by atoms with Gasteiger partial charge in [0.2, 0.25) is 0 Å². The van der Waals surface area contributed by atoms with Crippen molar-refractivity contribution in [1.29, 1.82) is 0 Å². The van der Waals surface area contributed by atoms with Crippen LogP contribution in [0.5, 0.6) is 5.75 Å². The van der Waals surface area contributed by atoms with Crippen molar-refractivity contribution in [1.82, 2.24) is 0 Å². The number of anilines is 3. The molecule has 0 bridgehead atoms. The van der Waals surface area contributed by atoms with Crippen LogP contribution in [0.2, 0.25) is 0 Å². The summed E-state index contributed by atoms with van der Waals surface area (Å²) in [5, 5.41) is 3.10. The van der Waals surface area contributed by atoms with E-state index in [2.05, 4.69) is 120 Å². The third kappa shape index (κ3) is 13.5. The molecule has 0 aliphatic carbocycles. The maximum absolute atomic E-state index is 9.17. The molecule has 1 saturated heterocycles. The molecule has 7 heteroatoms. The standard InChI is InChI=1S/C27H39N2.C11H15NO.C3H6O.C2H6.ClH.Ru/c1-18(2)22-11-9-12-23(19(3)4)26(22)28-15-16-29(17-28)27-24(20(5)6)13-10-14-25(27)21(7)8;1-8(2)13-11-6-5-10(12-4)7-9(11)3;1-2-3-4;1-2;;/h9-14,17-21H,15-16H2,1-8H3;3,5-8,12H,1-2,4H3;3H,2H2,1H3;1-2H3;1H;/q-1;;;;;+1/p-1. The maximum atomic E-state index is 9.17. The summed E-state index contributed by atoms with van der Waals surface area (Å²) < 4.78 is 7.73. The van der Waals surface area contributed by atoms with Crippen molar-refractivity contribution in [3.05, 3.63) is 89.1 Å². The SMILES string of the molecule is CC.CC(C)c1cccc(C(C)C)c1N1[CH-]N(c2c(C(C)C)cccc2C(C)C)CC1.CCC=O.CNc1ccc(OC(C)C)c([CH]=[Ru][Cl])c1.